The van der Waals surface area contributed by atoms with Gasteiger partial charge in [0.25, 0.3) is 0 Å². The molecule has 6 aliphatic rings. The van der Waals surface area contributed by atoms with Crippen molar-refractivity contribution in [3.8, 4) is 11.5 Å². The van der Waals surface area contributed by atoms with E-state index in [4.69, 9.17) is 18.3 Å². The van der Waals surface area contributed by atoms with Crippen molar-refractivity contribution in [3.63, 3.8) is 0 Å². The molecule has 4 saturated carbocycles. The van der Waals surface area contributed by atoms with Gasteiger partial charge in [0.2, 0.25) is 0 Å². The van der Waals surface area contributed by atoms with Gasteiger partial charge < -0.3 is 18.3 Å². The molecule has 0 aliphatic heterocycles. The lowest BCUT2D eigenvalue weighted by Crippen LogP contribution is -2.52. The average Bonchev–Trinajstić information content (AvgIpc) is 3.70. The standard InChI is InChI=1S/C28H42O3Si.C25H38O3Si/c1-9-10-21-25-20(19-12-11-18(30-6)17-22(19)26(21)29)15-16-28(5)23(25)13-14-24(28)31-32(7,8)27(2,3)4;1-24(2,3)29(6,7)28-23-11-10-21-19-15-22(26)20-14-16(27-5)8-9-17(20)18(19)12-13-25(21,23)4/h9,11-12,17,20-21,23-25H,1,10,13-16H2,2-8H3;8-9,14,18-19,21,23H,10-13,15H2,1-7H3/t20?,21?,23?,24-,25?,28-;18?,19?,21?,23-,25-/m00/s1. The Balaban J connectivity index is 0.000000185. The summed E-state index contributed by atoms with van der Waals surface area (Å²) >= 11 is 0. The summed E-state index contributed by atoms with van der Waals surface area (Å²) in [6.07, 6.45) is 13.4. The number of hydrogen-bond acceptors (Lipinski definition) is 6. The van der Waals surface area contributed by atoms with E-state index in [0.29, 0.717) is 59.9 Å². The van der Waals surface area contributed by atoms with E-state index in [0.717, 1.165) is 48.3 Å². The van der Waals surface area contributed by atoms with Crippen molar-refractivity contribution in [2.45, 2.75) is 180 Å². The van der Waals surface area contributed by atoms with Crippen LogP contribution in [0.3, 0.4) is 0 Å². The zero-order valence-electron chi connectivity index (χ0n) is 40.5. The minimum absolute atomic E-state index is 0.0216. The van der Waals surface area contributed by atoms with Gasteiger partial charge in [0.1, 0.15) is 11.5 Å². The van der Waals surface area contributed by atoms with Gasteiger partial charge in [-0.3, -0.25) is 9.59 Å². The fourth-order valence-corrected chi connectivity index (χ4v) is 15.9. The molecule has 336 valence electrons. The van der Waals surface area contributed by atoms with Gasteiger partial charge in [0.15, 0.2) is 28.2 Å². The summed E-state index contributed by atoms with van der Waals surface area (Å²) in [6.45, 7) is 32.4. The van der Waals surface area contributed by atoms with Gasteiger partial charge in [-0.1, -0.05) is 73.6 Å². The molecule has 2 aromatic carbocycles. The molecule has 0 spiro atoms. The summed E-state index contributed by atoms with van der Waals surface area (Å²) in [7, 11) is -0.303. The number of benzene rings is 2. The van der Waals surface area contributed by atoms with Gasteiger partial charge >= 0.3 is 0 Å². The van der Waals surface area contributed by atoms with E-state index < -0.39 is 16.6 Å². The van der Waals surface area contributed by atoms with E-state index in [1.807, 2.05) is 30.3 Å². The fourth-order valence-electron chi connectivity index (χ4n) is 13.0. The van der Waals surface area contributed by atoms with Crippen LogP contribution in [0.5, 0.6) is 11.5 Å². The highest BCUT2D eigenvalue weighted by atomic mass is 28.4. The van der Waals surface area contributed by atoms with Crippen LogP contribution in [-0.2, 0) is 8.85 Å². The van der Waals surface area contributed by atoms with Crippen molar-refractivity contribution in [1.82, 2.24) is 0 Å². The maximum absolute atomic E-state index is 13.7. The Morgan fingerprint density at radius 2 is 1.16 bits per heavy atom. The average molecular weight is 869 g/mol. The van der Waals surface area contributed by atoms with E-state index in [1.54, 1.807) is 14.2 Å². The molecule has 6 nitrogen and oxygen atoms in total. The van der Waals surface area contributed by atoms with Gasteiger partial charge in [-0.15, -0.1) is 6.58 Å². The summed E-state index contributed by atoms with van der Waals surface area (Å²) in [6, 6.07) is 12.3. The second kappa shape index (κ2) is 16.5. The Morgan fingerprint density at radius 1 is 0.689 bits per heavy atom. The molecule has 7 unspecified atom stereocenters. The van der Waals surface area contributed by atoms with Gasteiger partial charge in [-0.2, -0.15) is 0 Å². The number of Topliss-reactive ketones (excluding diaryl/α,β-unsaturated/α-hetero) is 2. The second-order valence-electron chi connectivity index (χ2n) is 23.7. The lowest BCUT2D eigenvalue weighted by molar-refractivity contribution is -0.0282. The van der Waals surface area contributed by atoms with Crippen molar-refractivity contribution >= 4 is 28.2 Å². The maximum atomic E-state index is 13.7. The largest absolute Gasteiger partial charge is 0.497 e. The molecule has 8 rings (SSSR count). The van der Waals surface area contributed by atoms with Crippen molar-refractivity contribution in [1.29, 1.82) is 0 Å². The van der Waals surface area contributed by atoms with E-state index in [-0.39, 0.29) is 32.6 Å². The predicted molar refractivity (Wildman–Crippen MR) is 254 cm³/mol. The summed E-state index contributed by atoms with van der Waals surface area (Å²) < 4.78 is 24.9. The number of ketones is 2. The Labute approximate surface area is 372 Å². The van der Waals surface area contributed by atoms with Gasteiger partial charge in [-0.05, 0) is 176 Å². The molecule has 11 atom stereocenters. The molecule has 0 aromatic heterocycles. The number of fused-ring (bicyclic) bond motifs is 10. The topological polar surface area (TPSA) is 71.1 Å². The Kier molecular flexibility index (Phi) is 12.6. The SMILES string of the molecule is C=CCC1C(=O)c2cc(OC)ccc2C2CC[C@@]3(C)C(CC[C@@H]3O[Si](C)(C)C(C)(C)C)C12.COc1ccc2c(c1)C(=O)CC1C2CC[C@@]2(C)C1CC[C@@H]2O[Si](C)(C)C(C)(C)C. The van der Waals surface area contributed by atoms with Crippen LogP contribution in [0.15, 0.2) is 49.1 Å². The van der Waals surface area contributed by atoms with Crippen molar-refractivity contribution in [2.75, 3.05) is 14.2 Å². The fraction of sp³-hybridized carbons (Fsp3) is 0.698. The number of carbonyl (C=O) groups is 2. The monoisotopic (exact) mass is 869 g/mol. The third kappa shape index (κ3) is 8.02. The molecule has 0 bridgehead atoms. The third-order valence-corrected chi connectivity index (χ3v) is 27.6. The first-order chi connectivity index (χ1) is 28.4. The number of hydrogen-bond donors (Lipinski definition) is 0. The first-order valence-electron chi connectivity index (χ1n) is 23.8. The van der Waals surface area contributed by atoms with Crippen LogP contribution in [0.4, 0.5) is 0 Å². The number of methoxy groups -OCH3 is 2. The first-order valence-corrected chi connectivity index (χ1v) is 29.6. The van der Waals surface area contributed by atoms with Crippen LogP contribution in [0.2, 0.25) is 36.3 Å². The van der Waals surface area contributed by atoms with E-state index in [9.17, 15) is 9.59 Å². The highest BCUT2D eigenvalue weighted by molar-refractivity contribution is 6.74. The summed E-state index contributed by atoms with van der Waals surface area (Å²) in [5, 5.41) is 0.445. The molecule has 6 aliphatic carbocycles. The molecule has 0 amide bonds. The van der Waals surface area contributed by atoms with E-state index in [2.05, 4.69) is 100 Å². The van der Waals surface area contributed by atoms with Crippen LogP contribution in [0.25, 0.3) is 0 Å². The number of ether oxygens (including phenoxy) is 2. The van der Waals surface area contributed by atoms with Crippen LogP contribution in [-0.4, -0.2) is 54.6 Å². The molecule has 0 heterocycles. The lowest BCUT2D eigenvalue weighted by Gasteiger charge is -2.54. The molecule has 4 fully saturated rings. The lowest BCUT2D eigenvalue weighted by atomic mass is 9.52. The molecule has 0 radical (unpaired) electrons. The molecule has 2 aromatic rings. The number of rotatable bonds is 8. The third-order valence-electron chi connectivity index (χ3n) is 18.6. The molecule has 0 N–H and O–H groups in total. The predicted octanol–water partition coefficient (Wildman–Crippen LogP) is 14.0. The van der Waals surface area contributed by atoms with E-state index in [1.165, 1.54) is 43.2 Å². The summed E-state index contributed by atoms with van der Waals surface area (Å²) in [5.74, 6) is 5.11. The summed E-state index contributed by atoms with van der Waals surface area (Å²) in [5.41, 5.74) is 4.66. The van der Waals surface area contributed by atoms with Crippen LogP contribution < -0.4 is 9.47 Å². The Bertz CT molecular complexity index is 1990. The van der Waals surface area contributed by atoms with E-state index >= 15 is 0 Å². The minimum atomic E-state index is -1.85. The normalized spacial score (nSPS) is 34.4. The smallest absolute Gasteiger partial charge is 0.192 e. The number of allylic oxidation sites excluding steroid dienone is 1. The minimum Gasteiger partial charge on any atom is -0.497 e. The zero-order chi connectivity index (χ0) is 44.7. The van der Waals surface area contributed by atoms with Gasteiger partial charge in [0.05, 0.1) is 26.4 Å². The first kappa shape index (κ1) is 46.5. The van der Waals surface area contributed by atoms with Crippen LogP contribution >= 0.6 is 0 Å². The molecular formula is C53H80O6Si2. The van der Waals surface area contributed by atoms with Gasteiger partial charge in [0, 0.05) is 23.5 Å². The maximum Gasteiger partial charge on any atom is 0.192 e. The molecule has 8 heteroatoms. The molecule has 0 saturated heterocycles. The number of carbonyl (C=O) groups excluding carboxylic acids is 2. The van der Waals surface area contributed by atoms with Crippen molar-refractivity contribution < 1.29 is 27.9 Å². The molecule has 61 heavy (non-hydrogen) atoms. The van der Waals surface area contributed by atoms with Crippen LogP contribution in [0.1, 0.15) is 163 Å². The quantitative estimate of drug-likeness (QED) is 0.194. The van der Waals surface area contributed by atoms with Crippen molar-refractivity contribution in [3.05, 3.63) is 71.3 Å². The van der Waals surface area contributed by atoms with Crippen molar-refractivity contribution in [2.24, 2.45) is 40.4 Å². The zero-order valence-corrected chi connectivity index (χ0v) is 42.5. The van der Waals surface area contributed by atoms with Gasteiger partial charge in [-0.25, -0.2) is 0 Å². The highest BCUT2D eigenvalue weighted by Gasteiger charge is 2.61. The Hall–Kier alpha value is -2.53. The van der Waals surface area contributed by atoms with Crippen LogP contribution in [0, 0.1) is 40.4 Å². The highest BCUT2D eigenvalue weighted by Crippen LogP contribution is 2.65. The Morgan fingerprint density at radius 3 is 1.67 bits per heavy atom. The summed E-state index contributed by atoms with van der Waals surface area (Å²) in [4.78, 5) is 26.8. The molecular weight excluding hydrogens is 789 g/mol. The second-order valence-corrected chi connectivity index (χ2v) is 33.2.